The van der Waals surface area contributed by atoms with Crippen LogP contribution in [0.4, 0.5) is 11.8 Å². The number of unbranched alkanes of at least 4 members (excludes halogenated alkanes) is 1. The zero-order chi connectivity index (χ0) is 32.5. The zero-order valence-corrected chi connectivity index (χ0v) is 27.3. The fourth-order valence-electron chi connectivity index (χ4n) is 8.16. The van der Waals surface area contributed by atoms with Crippen molar-refractivity contribution in [1.82, 2.24) is 20.6 Å². The van der Waals surface area contributed by atoms with Crippen molar-refractivity contribution < 1.29 is 28.5 Å². The highest BCUT2D eigenvalue weighted by atomic mass is 16.5. The van der Waals surface area contributed by atoms with Crippen LogP contribution in [0.25, 0.3) is 0 Å². The number of benzene rings is 1. The normalized spacial score (nSPS) is 22.8. The predicted molar refractivity (Wildman–Crippen MR) is 175 cm³/mol. The lowest BCUT2D eigenvalue weighted by atomic mass is 9.49. The topological polar surface area (TPSA) is 173 Å². The van der Waals surface area contributed by atoms with Gasteiger partial charge in [-0.25, -0.2) is 4.98 Å². The number of amides is 2. The van der Waals surface area contributed by atoms with Gasteiger partial charge in [0.05, 0.1) is 34.0 Å². The maximum absolute atomic E-state index is 12.6. The molecule has 4 aliphatic rings. The first kappa shape index (κ1) is 33.6. The van der Waals surface area contributed by atoms with E-state index in [1.165, 1.54) is 38.5 Å². The van der Waals surface area contributed by atoms with E-state index in [9.17, 15) is 9.59 Å². The Kier molecular flexibility index (Phi) is 11.4. The molecule has 0 saturated heterocycles. The summed E-state index contributed by atoms with van der Waals surface area (Å²) in [6, 6.07) is 3.72. The van der Waals surface area contributed by atoms with E-state index in [1.54, 1.807) is 20.4 Å². The van der Waals surface area contributed by atoms with Gasteiger partial charge in [-0.2, -0.15) is 4.98 Å². The zero-order valence-electron chi connectivity index (χ0n) is 27.3. The largest absolute Gasteiger partial charge is 0.493 e. The standard InChI is InChI=1S/C34H50N6O6/c1-43-27-15-22(14-26-21-39-33(36)40-32(26)35)16-28(44-2)31(27)46-8-4-3-5-29(41)37-6-9-45-10-7-38-30(42)20-34-17-23-11-24(18-34)13-25(12-23)19-34/h15-16,21,23-25H,3-14,17-20H2,1-2H3,(H,37,41)(H,38,42)(H4,35,36,39,40). The Morgan fingerprint density at radius 1 is 0.891 bits per heavy atom. The van der Waals surface area contributed by atoms with Gasteiger partial charge in [-0.05, 0) is 92.2 Å². The Labute approximate surface area is 271 Å². The highest BCUT2D eigenvalue weighted by molar-refractivity contribution is 5.77. The Balaban J connectivity index is 0.919. The van der Waals surface area contributed by atoms with Gasteiger partial charge in [-0.1, -0.05) is 0 Å². The number of carbonyl (C=O) groups is 2. The molecule has 0 spiro atoms. The maximum atomic E-state index is 12.6. The summed E-state index contributed by atoms with van der Waals surface area (Å²) in [5.74, 6) is 4.71. The van der Waals surface area contributed by atoms with Crippen molar-refractivity contribution in [3.63, 3.8) is 0 Å². The van der Waals surface area contributed by atoms with E-state index in [4.69, 9.17) is 30.4 Å². The molecule has 1 aromatic heterocycles. The van der Waals surface area contributed by atoms with Gasteiger partial charge in [0.25, 0.3) is 0 Å². The Bertz CT molecular complexity index is 1290. The fourth-order valence-corrected chi connectivity index (χ4v) is 8.16. The molecule has 4 fully saturated rings. The average Bonchev–Trinajstić information content (AvgIpc) is 3.01. The summed E-state index contributed by atoms with van der Waals surface area (Å²) in [4.78, 5) is 32.9. The van der Waals surface area contributed by atoms with Crippen molar-refractivity contribution in [3.8, 4) is 17.2 Å². The van der Waals surface area contributed by atoms with E-state index in [0.29, 0.717) is 88.1 Å². The Morgan fingerprint density at radius 3 is 2.09 bits per heavy atom. The van der Waals surface area contributed by atoms with Crippen LogP contribution in [0, 0.1) is 23.2 Å². The molecule has 4 bridgehead atoms. The summed E-state index contributed by atoms with van der Waals surface area (Å²) in [5, 5.41) is 5.94. The second kappa shape index (κ2) is 15.7. The molecule has 252 valence electrons. The summed E-state index contributed by atoms with van der Waals surface area (Å²) in [7, 11) is 3.14. The third kappa shape index (κ3) is 8.92. The summed E-state index contributed by atoms with van der Waals surface area (Å²) >= 11 is 0. The maximum Gasteiger partial charge on any atom is 0.221 e. The smallest absolute Gasteiger partial charge is 0.221 e. The second-order valence-electron chi connectivity index (χ2n) is 13.4. The van der Waals surface area contributed by atoms with E-state index in [0.717, 1.165) is 28.9 Å². The van der Waals surface area contributed by atoms with Crippen LogP contribution in [0.3, 0.4) is 0 Å². The van der Waals surface area contributed by atoms with Crippen molar-refractivity contribution in [2.24, 2.45) is 23.2 Å². The van der Waals surface area contributed by atoms with E-state index in [-0.39, 0.29) is 23.2 Å². The number of nitrogens with one attached hydrogen (secondary N) is 2. The van der Waals surface area contributed by atoms with Gasteiger partial charge in [-0.3, -0.25) is 9.59 Å². The quantitative estimate of drug-likeness (QED) is 0.177. The molecule has 12 nitrogen and oxygen atoms in total. The minimum absolute atomic E-state index is 0.0297. The van der Waals surface area contributed by atoms with Crippen LogP contribution < -0.4 is 36.3 Å². The number of methoxy groups -OCH3 is 2. The number of nitrogen functional groups attached to an aromatic ring is 2. The number of carbonyl (C=O) groups excluding carboxylic acids is 2. The van der Waals surface area contributed by atoms with Gasteiger partial charge >= 0.3 is 0 Å². The van der Waals surface area contributed by atoms with Gasteiger partial charge in [0.15, 0.2) is 11.5 Å². The molecule has 4 saturated carbocycles. The van der Waals surface area contributed by atoms with Crippen LogP contribution in [0.1, 0.15) is 75.3 Å². The van der Waals surface area contributed by atoms with Crippen LogP contribution in [-0.2, 0) is 20.7 Å². The minimum Gasteiger partial charge on any atom is -0.493 e. The molecule has 0 unspecified atom stereocenters. The number of ether oxygens (including phenoxy) is 4. The third-order valence-electron chi connectivity index (χ3n) is 9.71. The molecule has 2 aromatic rings. The van der Waals surface area contributed by atoms with Gasteiger partial charge in [0.2, 0.25) is 23.5 Å². The van der Waals surface area contributed by atoms with Crippen LogP contribution >= 0.6 is 0 Å². The van der Waals surface area contributed by atoms with Crippen molar-refractivity contribution in [1.29, 1.82) is 0 Å². The number of rotatable bonds is 18. The number of nitrogens with zero attached hydrogens (tertiary/aromatic N) is 2. The van der Waals surface area contributed by atoms with Crippen molar-refractivity contribution in [2.75, 3.05) is 58.6 Å². The predicted octanol–water partition coefficient (Wildman–Crippen LogP) is 3.65. The Morgan fingerprint density at radius 2 is 1.50 bits per heavy atom. The number of hydrogen-bond donors (Lipinski definition) is 4. The molecular weight excluding hydrogens is 588 g/mol. The van der Waals surface area contributed by atoms with Crippen molar-refractivity contribution in [3.05, 3.63) is 29.5 Å². The summed E-state index contributed by atoms with van der Waals surface area (Å²) in [6.45, 7) is 2.19. The lowest BCUT2D eigenvalue weighted by Crippen LogP contribution is -2.48. The third-order valence-corrected chi connectivity index (χ3v) is 9.71. The highest BCUT2D eigenvalue weighted by Gasteiger charge is 2.51. The number of nitrogens with two attached hydrogens (primary N) is 2. The summed E-state index contributed by atoms with van der Waals surface area (Å²) in [5.41, 5.74) is 13.5. The molecule has 2 amide bonds. The molecule has 46 heavy (non-hydrogen) atoms. The monoisotopic (exact) mass is 638 g/mol. The molecular formula is C34H50N6O6. The van der Waals surface area contributed by atoms with E-state index < -0.39 is 0 Å². The molecule has 0 radical (unpaired) electrons. The number of aromatic nitrogens is 2. The molecule has 4 aliphatic carbocycles. The number of hydrogen-bond acceptors (Lipinski definition) is 10. The molecule has 6 rings (SSSR count). The lowest BCUT2D eigenvalue weighted by Gasteiger charge is -2.56. The van der Waals surface area contributed by atoms with Crippen molar-refractivity contribution in [2.45, 2.75) is 70.6 Å². The second-order valence-corrected chi connectivity index (χ2v) is 13.4. The first-order valence-electron chi connectivity index (χ1n) is 16.6. The molecule has 12 heteroatoms. The first-order chi connectivity index (χ1) is 22.3. The molecule has 1 aromatic carbocycles. The lowest BCUT2D eigenvalue weighted by molar-refractivity contribution is -0.129. The summed E-state index contributed by atoms with van der Waals surface area (Å²) in [6.07, 6.45) is 12.4. The van der Waals surface area contributed by atoms with Gasteiger partial charge < -0.3 is 41.0 Å². The summed E-state index contributed by atoms with van der Waals surface area (Å²) < 4.78 is 22.8. The van der Waals surface area contributed by atoms with Gasteiger partial charge in [-0.15, -0.1) is 0 Å². The van der Waals surface area contributed by atoms with Gasteiger partial charge in [0.1, 0.15) is 5.82 Å². The van der Waals surface area contributed by atoms with Crippen LogP contribution in [0.2, 0.25) is 0 Å². The molecule has 6 N–H and O–H groups in total. The van der Waals surface area contributed by atoms with Gasteiger partial charge in [0, 0.05) is 44.1 Å². The molecule has 0 aliphatic heterocycles. The Hall–Kier alpha value is -3.80. The molecule has 0 atom stereocenters. The van der Waals surface area contributed by atoms with E-state index >= 15 is 0 Å². The first-order valence-corrected chi connectivity index (χ1v) is 16.6. The van der Waals surface area contributed by atoms with Crippen LogP contribution in [0.5, 0.6) is 17.2 Å². The van der Waals surface area contributed by atoms with Crippen LogP contribution in [-0.4, -0.2) is 68.9 Å². The van der Waals surface area contributed by atoms with E-state index in [1.807, 2.05) is 12.1 Å². The van der Waals surface area contributed by atoms with Crippen LogP contribution in [0.15, 0.2) is 18.3 Å². The molecule has 1 heterocycles. The highest BCUT2D eigenvalue weighted by Crippen LogP contribution is 2.61. The van der Waals surface area contributed by atoms with E-state index in [2.05, 4.69) is 20.6 Å². The minimum atomic E-state index is -0.0297. The fraction of sp³-hybridized carbons (Fsp3) is 0.647. The average molecular weight is 639 g/mol. The number of anilines is 2. The van der Waals surface area contributed by atoms with Crippen molar-refractivity contribution >= 4 is 23.6 Å². The SMILES string of the molecule is COc1cc(Cc2cnc(N)nc2N)cc(OC)c1OCCCCC(=O)NCCOCCNC(=O)CC12CC3CC(CC(C3)C1)C2.